The summed E-state index contributed by atoms with van der Waals surface area (Å²) in [5.41, 5.74) is 2.96. The highest BCUT2D eigenvalue weighted by Crippen LogP contribution is 2.32. The monoisotopic (exact) mass is 310 g/mol. The topological polar surface area (TPSA) is 42.0 Å². The van der Waals surface area contributed by atoms with Crippen LogP contribution in [0.4, 0.5) is 0 Å². The van der Waals surface area contributed by atoms with Gasteiger partial charge >= 0.3 is 0 Å². The van der Waals surface area contributed by atoms with E-state index in [1.807, 2.05) is 37.3 Å². The Kier molecular flexibility index (Phi) is 5.99. The molecular weight excluding hydrogens is 295 g/mol. The van der Waals surface area contributed by atoms with Crippen LogP contribution in [-0.4, -0.2) is 10.9 Å². The van der Waals surface area contributed by atoms with Crippen molar-refractivity contribution in [2.45, 2.75) is 19.9 Å². The van der Waals surface area contributed by atoms with Crippen LogP contribution in [0.25, 0.3) is 11.1 Å². The van der Waals surface area contributed by atoms with Crippen LogP contribution in [0.15, 0.2) is 42.7 Å². The molecule has 1 aromatic heterocycles. The molecule has 20 heavy (non-hydrogen) atoms. The Bertz CT molecular complexity index is 602. The molecule has 1 atom stereocenters. The van der Waals surface area contributed by atoms with Gasteiger partial charge in [-0.3, -0.25) is 9.78 Å². The number of aromatic nitrogens is 1. The second-order valence-corrected chi connectivity index (χ2v) is 4.77. The van der Waals surface area contributed by atoms with Crippen molar-refractivity contribution < 1.29 is 4.79 Å². The summed E-state index contributed by atoms with van der Waals surface area (Å²) in [5.74, 6) is -0.0527. The average molecular weight is 311 g/mol. The Balaban J connectivity index is 0.00000200. The van der Waals surface area contributed by atoms with Crippen LogP contribution >= 0.6 is 24.0 Å². The molecule has 0 saturated heterocycles. The van der Waals surface area contributed by atoms with E-state index in [1.54, 1.807) is 12.4 Å². The summed E-state index contributed by atoms with van der Waals surface area (Å²) >= 11 is 6.19. The van der Waals surface area contributed by atoms with Gasteiger partial charge in [0.2, 0.25) is 5.91 Å². The Morgan fingerprint density at radius 1 is 1.25 bits per heavy atom. The lowest BCUT2D eigenvalue weighted by Gasteiger charge is -2.17. The largest absolute Gasteiger partial charge is 0.350 e. The molecule has 5 heteroatoms. The molecule has 1 amide bonds. The quantitative estimate of drug-likeness (QED) is 0.930. The summed E-state index contributed by atoms with van der Waals surface area (Å²) in [6.45, 7) is 3.47. The number of halogens is 2. The number of carbonyl (C=O) groups excluding carboxylic acids is 1. The van der Waals surface area contributed by atoms with Crippen molar-refractivity contribution in [1.29, 1.82) is 0 Å². The van der Waals surface area contributed by atoms with Gasteiger partial charge in [0.1, 0.15) is 0 Å². The maximum absolute atomic E-state index is 11.2. The molecule has 0 aliphatic carbocycles. The van der Waals surface area contributed by atoms with Crippen LogP contribution in [0.1, 0.15) is 25.5 Å². The summed E-state index contributed by atoms with van der Waals surface area (Å²) < 4.78 is 0. The molecule has 0 fully saturated rings. The maximum atomic E-state index is 11.2. The molecule has 2 aromatic rings. The Morgan fingerprint density at radius 2 is 1.95 bits per heavy atom. The van der Waals surface area contributed by atoms with Crippen molar-refractivity contribution in [3.63, 3.8) is 0 Å². The molecular formula is C15H16Cl2N2O. The van der Waals surface area contributed by atoms with Gasteiger partial charge < -0.3 is 5.32 Å². The van der Waals surface area contributed by atoms with Crippen molar-refractivity contribution in [1.82, 2.24) is 10.3 Å². The second kappa shape index (κ2) is 7.27. The second-order valence-electron chi connectivity index (χ2n) is 4.36. The standard InChI is InChI=1S/C15H15ClN2O.ClH/c1-10(18-11(2)19)12-5-3-4-6-13(12)14-7-8-17-9-15(14)16;/h3-10H,1-2H3,(H,18,19);1H/t10-;/m0./s1. The fourth-order valence-corrected chi connectivity index (χ4v) is 2.32. The minimum absolute atomic E-state index is 0. The first-order valence-electron chi connectivity index (χ1n) is 6.05. The number of nitrogens with one attached hydrogen (secondary N) is 1. The van der Waals surface area contributed by atoms with Crippen LogP contribution < -0.4 is 5.32 Å². The number of rotatable bonds is 3. The first-order valence-corrected chi connectivity index (χ1v) is 6.43. The molecule has 106 valence electrons. The van der Waals surface area contributed by atoms with Gasteiger partial charge in [0, 0.05) is 24.9 Å². The van der Waals surface area contributed by atoms with Crippen LogP contribution in [0, 0.1) is 0 Å². The predicted octanol–water partition coefficient (Wildman–Crippen LogP) is 4.02. The molecule has 1 aromatic carbocycles. The van der Waals surface area contributed by atoms with E-state index >= 15 is 0 Å². The molecule has 3 nitrogen and oxygen atoms in total. The maximum Gasteiger partial charge on any atom is 0.217 e. The molecule has 1 N–H and O–H groups in total. The zero-order valence-corrected chi connectivity index (χ0v) is 12.8. The number of hydrogen-bond acceptors (Lipinski definition) is 2. The van der Waals surface area contributed by atoms with E-state index in [0.29, 0.717) is 5.02 Å². The van der Waals surface area contributed by atoms with E-state index < -0.39 is 0 Å². The van der Waals surface area contributed by atoms with E-state index in [0.717, 1.165) is 16.7 Å². The molecule has 0 saturated carbocycles. The first-order chi connectivity index (χ1) is 9.09. The zero-order chi connectivity index (χ0) is 13.8. The van der Waals surface area contributed by atoms with Gasteiger partial charge in [-0.05, 0) is 24.1 Å². The summed E-state index contributed by atoms with van der Waals surface area (Å²) in [7, 11) is 0. The van der Waals surface area contributed by atoms with E-state index in [4.69, 9.17) is 11.6 Å². The van der Waals surface area contributed by atoms with Gasteiger partial charge in [0.15, 0.2) is 0 Å². The molecule has 0 aliphatic heterocycles. The lowest BCUT2D eigenvalue weighted by Crippen LogP contribution is -2.24. The molecule has 0 radical (unpaired) electrons. The van der Waals surface area contributed by atoms with Crippen molar-refractivity contribution in [3.05, 3.63) is 53.3 Å². The fraction of sp³-hybridized carbons (Fsp3) is 0.200. The highest BCUT2D eigenvalue weighted by Gasteiger charge is 2.14. The summed E-state index contributed by atoms with van der Waals surface area (Å²) in [5, 5.41) is 3.49. The normalized spacial score (nSPS) is 11.3. The molecule has 0 spiro atoms. The van der Waals surface area contributed by atoms with Crippen LogP contribution in [0.2, 0.25) is 5.02 Å². The van der Waals surface area contributed by atoms with Gasteiger partial charge in [0.25, 0.3) is 0 Å². The Labute approximate surface area is 129 Å². The summed E-state index contributed by atoms with van der Waals surface area (Å²) in [4.78, 5) is 15.2. The third kappa shape index (κ3) is 3.71. The smallest absolute Gasteiger partial charge is 0.217 e. The van der Waals surface area contributed by atoms with E-state index in [-0.39, 0.29) is 24.4 Å². The molecule has 2 rings (SSSR count). The SMILES string of the molecule is CC(=O)N[C@@H](C)c1ccccc1-c1ccncc1Cl.Cl. The Morgan fingerprint density at radius 3 is 2.60 bits per heavy atom. The molecule has 0 unspecified atom stereocenters. The Hall–Kier alpha value is -1.58. The van der Waals surface area contributed by atoms with E-state index in [2.05, 4.69) is 10.3 Å². The number of carbonyl (C=O) groups is 1. The summed E-state index contributed by atoms with van der Waals surface area (Å²) in [6, 6.07) is 9.70. The average Bonchev–Trinajstić information content (AvgIpc) is 2.38. The minimum atomic E-state index is -0.0714. The first kappa shape index (κ1) is 16.5. The fourth-order valence-electron chi connectivity index (χ4n) is 2.10. The number of amides is 1. The third-order valence-corrected chi connectivity index (χ3v) is 3.21. The van der Waals surface area contributed by atoms with Gasteiger partial charge in [0.05, 0.1) is 11.1 Å². The molecule has 0 aliphatic rings. The lowest BCUT2D eigenvalue weighted by molar-refractivity contribution is -0.119. The van der Waals surface area contributed by atoms with Crippen molar-refractivity contribution in [2.75, 3.05) is 0 Å². The van der Waals surface area contributed by atoms with E-state index in [9.17, 15) is 4.79 Å². The lowest BCUT2D eigenvalue weighted by atomic mass is 9.96. The summed E-state index contributed by atoms with van der Waals surface area (Å²) in [6.07, 6.45) is 3.33. The van der Waals surface area contributed by atoms with Crippen LogP contribution in [0.5, 0.6) is 0 Å². The molecule has 0 bridgehead atoms. The van der Waals surface area contributed by atoms with Gasteiger partial charge in [-0.25, -0.2) is 0 Å². The number of pyridine rings is 1. The number of nitrogens with zero attached hydrogens (tertiary/aromatic N) is 1. The van der Waals surface area contributed by atoms with Crippen molar-refractivity contribution in [2.24, 2.45) is 0 Å². The van der Waals surface area contributed by atoms with Crippen LogP contribution in [-0.2, 0) is 4.79 Å². The van der Waals surface area contributed by atoms with Crippen molar-refractivity contribution >= 4 is 29.9 Å². The van der Waals surface area contributed by atoms with Gasteiger partial charge in [-0.2, -0.15) is 0 Å². The van der Waals surface area contributed by atoms with E-state index in [1.165, 1.54) is 6.92 Å². The van der Waals surface area contributed by atoms with Gasteiger partial charge in [-0.15, -0.1) is 12.4 Å². The van der Waals surface area contributed by atoms with Gasteiger partial charge in [-0.1, -0.05) is 35.9 Å². The third-order valence-electron chi connectivity index (χ3n) is 2.91. The van der Waals surface area contributed by atoms with Crippen LogP contribution in [0.3, 0.4) is 0 Å². The number of benzene rings is 1. The molecule has 1 heterocycles. The number of hydrogen-bond donors (Lipinski definition) is 1. The highest BCUT2D eigenvalue weighted by atomic mass is 35.5. The predicted molar refractivity (Wildman–Crippen MR) is 84.2 cm³/mol. The van der Waals surface area contributed by atoms with Crippen molar-refractivity contribution in [3.8, 4) is 11.1 Å². The highest BCUT2D eigenvalue weighted by molar-refractivity contribution is 6.33. The minimum Gasteiger partial charge on any atom is -0.350 e. The zero-order valence-electron chi connectivity index (χ0n) is 11.3.